The van der Waals surface area contributed by atoms with Crippen LogP contribution in [0.1, 0.15) is 59.8 Å². The number of rotatable bonds is 5. The Bertz CT molecular complexity index is 852. The predicted molar refractivity (Wildman–Crippen MR) is 124 cm³/mol. The van der Waals surface area contributed by atoms with Crippen molar-refractivity contribution in [2.45, 2.75) is 88.6 Å². The van der Waals surface area contributed by atoms with E-state index in [1.807, 2.05) is 25.0 Å². The first kappa shape index (κ1) is 22.2. The first-order valence-corrected chi connectivity index (χ1v) is 12.1. The second-order valence-corrected chi connectivity index (χ2v) is 11.7. The van der Waals surface area contributed by atoms with Crippen LogP contribution in [0.2, 0.25) is 0 Å². The highest BCUT2D eigenvalue weighted by atomic mass is 16.7. The Kier molecular flexibility index (Phi) is 5.01. The Morgan fingerprint density at radius 3 is 2.09 bits per heavy atom. The second-order valence-electron chi connectivity index (χ2n) is 11.7. The van der Waals surface area contributed by atoms with Crippen molar-refractivity contribution in [2.75, 3.05) is 33.7 Å². The molecule has 0 unspecified atom stereocenters. The molecule has 2 saturated carbocycles. The van der Waals surface area contributed by atoms with E-state index in [1.54, 1.807) is 4.90 Å². The van der Waals surface area contributed by atoms with Gasteiger partial charge in [-0.05, 0) is 59.8 Å². The number of carbonyl (C=O) groups is 1. The molecule has 32 heavy (non-hydrogen) atoms. The van der Waals surface area contributed by atoms with Crippen molar-refractivity contribution in [3.05, 3.63) is 12.4 Å². The summed E-state index contributed by atoms with van der Waals surface area (Å²) in [5.74, 6) is 0. The maximum absolute atomic E-state index is 12.9. The summed E-state index contributed by atoms with van der Waals surface area (Å²) in [5.41, 5.74) is 0.450. The molecular weight excluding hydrogens is 405 g/mol. The second kappa shape index (κ2) is 7.21. The highest BCUT2D eigenvalue weighted by Gasteiger charge is 2.66. The SMILES string of the molecule is CN(C)C(=O)N1C2(CC2)CN(CCCn2cc(B3OC(C)(C)C(C)(C)O3)cn2)CC12CC2. The summed E-state index contributed by atoms with van der Waals surface area (Å²) in [4.78, 5) is 19.5. The van der Waals surface area contributed by atoms with Crippen LogP contribution in [0.5, 0.6) is 0 Å². The van der Waals surface area contributed by atoms with Crippen molar-refractivity contribution < 1.29 is 14.1 Å². The van der Waals surface area contributed by atoms with Crippen LogP contribution in [0.25, 0.3) is 0 Å². The molecule has 8 nitrogen and oxygen atoms in total. The number of nitrogens with zero attached hydrogens (tertiary/aromatic N) is 5. The van der Waals surface area contributed by atoms with Crippen LogP contribution in [0.4, 0.5) is 4.79 Å². The van der Waals surface area contributed by atoms with Crippen molar-refractivity contribution in [3.8, 4) is 0 Å². The summed E-state index contributed by atoms with van der Waals surface area (Å²) < 4.78 is 14.3. The van der Waals surface area contributed by atoms with Gasteiger partial charge in [-0.15, -0.1) is 0 Å². The van der Waals surface area contributed by atoms with Crippen molar-refractivity contribution in [1.29, 1.82) is 0 Å². The van der Waals surface area contributed by atoms with Crippen molar-refractivity contribution >= 4 is 18.6 Å². The van der Waals surface area contributed by atoms with Gasteiger partial charge in [-0.1, -0.05) is 0 Å². The molecule has 0 bridgehead atoms. The largest absolute Gasteiger partial charge is 0.498 e. The molecule has 9 heteroatoms. The maximum atomic E-state index is 12.9. The fourth-order valence-corrected chi connectivity index (χ4v) is 5.41. The third-order valence-corrected chi connectivity index (χ3v) is 8.25. The minimum atomic E-state index is -0.361. The summed E-state index contributed by atoms with van der Waals surface area (Å²) in [7, 11) is 3.39. The van der Waals surface area contributed by atoms with Crippen LogP contribution < -0.4 is 5.46 Å². The highest BCUT2D eigenvalue weighted by Crippen LogP contribution is 2.57. The van der Waals surface area contributed by atoms with Gasteiger partial charge in [0.1, 0.15) is 0 Å². The zero-order chi connectivity index (χ0) is 22.9. The monoisotopic (exact) mass is 443 g/mol. The Labute approximate surface area is 192 Å². The quantitative estimate of drug-likeness (QED) is 0.651. The lowest BCUT2D eigenvalue weighted by Gasteiger charge is -2.49. The molecule has 0 aromatic carbocycles. The standard InChI is InChI=1S/C23H38BN5O3/c1-20(2)21(3,4)32-24(31-20)18-14-25-28(15-18)13-7-12-27-16-22(8-9-22)29(19(30)26(5)6)23(17-27)10-11-23/h14-15H,7-13,16-17H2,1-6H3. The summed E-state index contributed by atoms with van der Waals surface area (Å²) in [6.45, 7) is 12.2. The van der Waals surface area contributed by atoms with Crippen molar-refractivity contribution in [1.82, 2.24) is 24.5 Å². The van der Waals surface area contributed by atoms with E-state index in [1.165, 1.54) is 0 Å². The van der Waals surface area contributed by atoms with E-state index in [0.29, 0.717) is 0 Å². The van der Waals surface area contributed by atoms with E-state index in [9.17, 15) is 4.79 Å². The Morgan fingerprint density at radius 1 is 1.03 bits per heavy atom. The number of amides is 2. The van der Waals surface area contributed by atoms with Crippen LogP contribution in [-0.2, 0) is 15.9 Å². The van der Waals surface area contributed by atoms with Gasteiger partial charge in [0.2, 0.25) is 0 Å². The summed E-state index contributed by atoms with van der Waals surface area (Å²) in [5, 5.41) is 4.56. The Balaban J connectivity index is 1.16. The number of aryl methyl sites for hydroxylation is 1. The molecule has 5 rings (SSSR count). The fraction of sp³-hybridized carbons (Fsp3) is 0.826. The number of hydrogen-bond acceptors (Lipinski definition) is 5. The molecule has 3 heterocycles. The lowest BCUT2D eigenvalue weighted by atomic mass is 9.82. The Morgan fingerprint density at radius 2 is 1.59 bits per heavy atom. The number of aromatic nitrogens is 2. The molecule has 0 N–H and O–H groups in total. The van der Waals surface area contributed by atoms with Gasteiger partial charge in [-0.2, -0.15) is 5.10 Å². The lowest BCUT2D eigenvalue weighted by molar-refractivity contribution is 0.00578. The van der Waals surface area contributed by atoms with Gasteiger partial charge < -0.3 is 19.1 Å². The topological polar surface area (TPSA) is 63.1 Å². The Hall–Kier alpha value is -1.58. The smallest absolute Gasteiger partial charge is 0.399 e. The van der Waals surface area contributed by atoms with E-state index >= 15 is 0 Å². The number of carbonyl (C=O) groups excluding carboxylic acids is 1. The summed E-state index contributed by atoms with van der Waals surface area (Å²) in [6.07, 6.45) is 9.52. The lowest BCUT2D eigenvalue weighted by Crippen LogP contribution is -2.65. The third-order valence-electron chi connectivity index (χ3n) is 8.25. The van der Waals surface area contributed by atoms with Crippen LogP contribution in [0.3, 0.4) is 0 Å². The zero-order valence-corrected chi connectivity index (χ0v) is 20.6. The number of urea groups is 1. The normalized spacial score (nSPS) is 26.7. The van der Waals surface area contributed by atoms with Crippen LogP contribution in [0.15, 0.2) is 12.4 Å². The first-order valence-electron chi connectivity index (χ1n) is 12.1. The molecular formula is C23H38BN5O3. The molecule has 2 spiro atoms. The van der Waals surface area contributed by atoms with Crippen molar-refractivity contribution in [3.63, 3.8) is 0 Å². The van der Waals surface area contributed by atoms with Gasteiger partial charge in [-0.3, -0.25) is 9.58 Å². The molecule has 2 saturated heterocycles. The van der Waals surface area contributed by atoms with E-state index in [0.717, 1.165) is 63.7 Å². The first-order chi connectivity index (χ1) is 15.0. The van der Waals surface area contributed by atoms with E-state index in [2.05, 4.69) is 48.8 Å². The molecule has 1 aromatic heterocycles. The van der Waals surface area contributed by atoms with Crippen LogP contribution in [-0.4, -0.2) is 93.6 Å². The van der Waals surface area contributed by atoms with E-state index in [-0.39, 0.29) is 35.4 Å². The molecule has 1 aromatic rings. The summed E-state index contributed by atoms with van der Waals surface area (Å²) >= 11 is 0. The minimum Gasteiger partial charge on any atom is -0.399 e. The molecule has 0 atom stereocenters. The zero-order valence-electron chi connectivity index (χ0n) is 20.6. The van der Waals surface area contributed by atoms with Gasteiger partial charge in [0.25, 0.3) is 0 Å². The molecule has 0 radical (unpaired) electrons. The molecule has 4 aliphatic rings. The van der Waals surface area contributed by atoms with Crippen LogP contribution >= 0.6 is 0 Å². The summed E-state index contributed by atoms with van der Waals surface area (Å²) in [6, 6.07) is 0.200. The van der Waals surface area contributed by atoms with Crippen molar-refractivity contribution in [2.24, 2.45) is 0 Å². The minimum absolute atomic E-state index is 0.0751. The number of piperazine rings is 1. The average molecular weight is 443 g/mol. The van der Waals surface area contributed by atoms with Gasteiger partial charge in [0.15, 0.2) is 0 Å². The molecule has 2 amide bonds. The third kappa shape index (κ3) is 3.66. The predicted octanol–water partition coefficient (Wildman–Crippen LogP) is 1.94. The van der Waals surface area contributed by atoms with Gasteiger partial charge in [0.05, 0.1) is 22.3 Å². The van der Waals surface area contributed by atoms with Gasteiger partial charge in [-0.25, -0.2) is 4.79 Å². The van der Waals surface area contributed by atoms with Gasteiger partial charge in [0, 0.05) is 58.1 Å². The van der Waals surface area contributed by atoms with Gasteiger partial charge >= 0.3 is 13.1 Å². The number of hydrogen-bond donors (Lipinski definition) is 0. The van der Waals surface area contributed by atoms with E-state index in [4.69, 9.17) is 9.31 Å². The average Bonchev–Trinajstić information content (AvgIpc) is 3.56. The van der Waals surface area contributed by atoms with Crippen LogP contribution in [0, 0.1) is 0 Å². The molecule has 4 fully saturated rings. The van der Waals surface area contributed by atoms with E-state index < -0.39 is 0 Å². The highest BCUT2D eigenvalue weighted by molar-refractivity contribution is 6.62. The fourth-order valence-electron chi connectivity index (χ4n) is 5.41. The molecule has 2 aliphatic carbocycles. The maximum Gasteiger partial charge on any atom is 0.498 e. The molecule has 2 aliphatic heterocycles. The molecule has 176 valence electrons.